The van der Waals surface area contributed by atoms with Crippen molar-refractivity contribution in [2.24, 2.45) is 23.7 Å². The second kappa shape index (κ2) is 5.45. The maximum atomic E-state index is 12.8. The van der Waals surface area contributed by atoms with Crippen LogP contribution in [0.2, 0.25) is 0 Å². The summed E-state index contributed by atoms with van der Waals surface area (Å²) in [5.74, 6) is 2.12. The monoisotopic (exact) mass is 333 g/mol. The fraction of sp³-hybridized carbons (Fsp3) is 0.333. The zero-order valence-corrected chi connectivity index (χ0v) is 13.8. The van der Waals surface area contributed by atoms with Gasteiger partial charge in [0, 0.05) is 0 Å². The Morgan fingerprint density at radius 3 is 1.92 bits per heavy atom. The number of amides is 2. The number of benzene rings is 2. The number of para-hydroxylation sites is 1. The Hall–Kier alpha value is -2.62. The third-order valence-corrected chi connectivity index (χ3v) is 6.00. The molecule has 25 heavy (non-hydrogen) atoms. The Kier molecular flexibility index (Phi) is 3.20. The number of rotatable bonds is 3. The first-order valence-electron chi connectivity index (χ1n) is 8.93. The van der Waals surface area contributed by atoms with Crippen molar-refractivity contribution in [1.82, 2.24) is 0 Å². The topological polar surface area (TPSA) is 46.6 Å². The zero-order valence-electron chi connectivity index (χ0n) is 13.8. The molecule has 0 unspecified atom stereocenters. The van der Waals surface area contributed by atoms with Gasteiger partial charge < -0.3 is 4.74 Å². The summed E-state index contributed by atoms with van der Waals surface area (Å²) in [6.45, 7) is 0. The molecule has 1 aliphatic heterocycles. The van der Waals surface area contributed by atoms with Gasteiger partial charge in [-0.05, 0) is 67.5 Å². The molecule has 2 aromatic carbocycles. The average Bonchev–Trinajstić information content (AvgIpc) is 3.31. The summed E-state index contributed by atoms with van der Waals surface area (Å²) >= 11 is 0. The maximum absolute atomic E-state index is 12.8. The van der Waals surface area contributed by atoms with Gasteiger partial charge in [0.25, 0.3) is 0 Å². The molecular weight excluding hydrogens is 314 g/mol. The molecule has 0 aromatic heterocycles. The standard InChI is InChI=1S/C21H19NO3/c23-20-18-13-6-7-14(12-13)19(18)21(24)22(20)15-8-10-17(11-9-15)25-16-4-2-1-3-5-16/h1-5,8-11,13-14,18-19H,6-7,12H2/t13-,14-,18+,19+/m0/s1. The van der Waals surface area contributed by atoms with Crippen LogP contribution in [-0.2, 0) is 9.59 Å². The van der Waals surface area contributed by atoms with E-state index in [9.17, 15) is 9.59 Å². The van der Waals surface area contributed by atoms with Gasteiger partial charge in [0.1, 0.15) is 11.5 Å². The van der Waals surface area contributed by atoms with Crippen LogP contribution in [0.1, 0.15) is 19.3 Å². The number of hydrogen-bond acceptors (Lipinski definition) is 3. The number of nitrogens with zero attached hydrogens (tertiary/aromatic N) is 1. The smallest absolute Gasteiger partial charge is 0.237 e. The van der Waals surface area contributed by atoms with Crippen molar-refractivity contribution < 1.29 is 14.3 Å². The second-order valence-electron chi connectivity index (χ2n) is 7.31. The number of fused-ring (bicyclic) bond motifs is 5. The van der Waals surface area contributed by atoms with Gasteiger partial charge in [0.05, 0.1) is 17.5 Å². The van der Waals surface area contributed by atoms with E-state index in [1.54, 1.807) is 12.1 Å². The number of hydrogen-bond donors (Lipinski definition) is 0. The Morgan fingerprint density at radius 2 is 1.32 bits per heavy atom. The lowest BCUT2D eigenvalue weighted by Gasteiger charge is -2.19. The van der Waals surface area contributed by atoms with E-state index in [1.807, 2.05) is 42.5 Å². The molecule has 2 amide bonds. The Morgan fingerprint density at radius 1 is 0.760 bits per heavy atom. The van der Waals surface area contributed by atoms with Crippen molar-refractivity contribution in [3.05, 3.63) is 54.6 Å². The minimum absolute atomic E-state index is 0.000993. The van der Waals surface area contributed by atoms with E-state index >= 15 is 0 Å². The number of carbonyl (C=O) groups excluding carboxylic acids is 2. The van der Waals surface area contributed by atoms with Crippen LogP contribution in [0.4, 0.5) is 5.69 Å². The van der Waals surface area contributed by atoms with Gasteiger partial charge in [-0.1, -0.05) is 18.2 Å². The highest BCUT2D eigenvalue weighted by Gasteiger charge is 2.61. The van der Waals surface area contributed by atoms with Crippen LogP contribution < -0.4 is 9.64 Å². The molecule has 0 radical (unpaired) electrons. The van der Waals surface area contributed by atoms with Gasteiger partial charge in [-0.25, -0.2) is 0 Å². The van der Waals surface area contributed by atoms with E-state index < -0.39 is 0 Å². The first-order valence-corrected chi connectivity index (χ1v) is 8.93. The van der Waals surface area contributed by atoms with Crippen LogP contribution in [0.3, 0.4) is 0 Å². The summed E-state index contributed by atoms with van der Waals surface area (Å²) in [6.07, 6.45) is 3.26. The molecule has 1 heterocycles. The minimum Gasteiger partial charge on any atom is -0.457 e. The average molecular weight is 333 g/mol. The van der Waals surface area contributed by atoms with Gasteiger partial charge in [0.15, 0.2) is 0 Å². The molecule has 2 aromatic rings. The highest BCUT2D eigenvalue weighted by atomic mass is 16.5. The summed E-state index contributed by atoms with van der Waals surface area (Å²) < 4.78 is 5.78. The maximum Gasteiger partial charge on any atom is 0.237 e. The molecule has 3 fully saturated rings. The summed E-state index contributed by atoms with van der Waals surface area (Å²) in [4.78, 5) is 27.1. The molecule has 0 N–H and O–H groups in total. The highest BCUT2D eigenvalue weighted by molar-refractivity contribution is 6.22. The van der Waals surface area contributed by atoms with E-state index in [1.165, 1.54) is 4.90 Å². The largest absolute Gasteiger partial charge is 0.457 e. The predicted molar refractivity (Wildman–Crippen MR) is 93.3 cm³/mol. The van der Waals surface area contributed by atoms with E-state index in [2.05, 4.69) is 0 Å². The van der Waals surface area contributed by atoms with Crippen molar-refractivity contribution in [3.8, 4) is 11.5 Å². The Balaban J connectivity index is 1.39. The quantitative estimate of drug-likeness (QED) is 0.797. The van der Waals surface area contributed by atoms with E-state index in [0.717, 1.165) is 25.0 Å². The normalized spacial score (nSPS) is 30.0. The predicted octanol–water partition coefficient (Wildman–Crippen LogP) is 4.01. The van der Waals surface area contributed by atoms with Gasteiger partial charge in [-0.3, -0.25) is 14.5 Å². The van der Waals surface area contributed by atoms with Crippen LogP contribution in [-0.4, -0.2) is 11.8 Å². The fourth-order valence-corrected chi connectivity index (χ4v) is 4.95. The fourth-order valence-electron chi connectivity index (χ4n) is 4.95. The van der Waals surface area contributed by atoms with Crippen molar-refractivity contribution >= 4 is 17.5 Å². The molecule has 126 valence electrons. The molecular formula is C21H19NO3. The molecule has 3 aliphatic rings. The van der Waals surface area contributed by atoms with Crippen molar-refractivity contribution in [2.75, 3.05) is 4.90 Å². The molecule has 2 bridgehead atoms. The SMILES string of the molecule is O=C1[C@@H]2[C@H]3CC[C@@H](C3)[C@H]2C(=O)N1c1ccc(Oc2ccccc2)cc1. The van der Waals surface area contributed by atoms with Crippen LogP contribution in [0.15, 0.2) is 54.6 Å². The van der Waals surface area contributed by atoms with Gasteiger partial charge >= 0.3 is 0 Å². The lowest BCUT2D eigenvalue weighted by atomic mass is 9.81. The van der Waals surface area contributed by atoms with Crippen molar-refractivity contribution in [2.45, 2.75) is 19.3 Å². The van der Waals surface area contributed by atoms with Gasteiger partial charge in [-0.2, -0.15) is 0 Å². The Bertz CT molecular complexity index is 802. The molecule has 2 aliphatic carbocycles. The van der Waals surface area contributed by atoms with Crippen LogP contribution in [0.5, 0.6) is 11.5 Å². The number of ether oxygens (including phenoxy) is 1. The lowest BCUT2D eigenvalue weighted by Crippen LogP contribution is -2.32. The molecule has 1 saturated heterocycles. The van der Waals surface area contributed by atoms with Gasteiger partial charge in [0.2, 0.25) is 11.8 Å². The number of carbonyl (C=O) groups is 2. The number of imide groups is 1. The second-order valence-corrected chi connectivity index (χ2v) is 7.31. The molecule has 0 spiro atoms. The molecule has 5 rings (SSSR count). The molecule has 4 atom stereocenters. The molecule has 2 saturated carbocycles. The van der Waals surface area contributed by atoms with Gasteiger partial charge in [-0.15, -0.1) is 0 Å². The summed E-state index contributed by atoms with van der Waals surface area (Å²) in [5.41, 5.74) is 0.657. The van der Waals surface area contributed by atoms with E-state index in [0.29, 0.717) is 23.3 Å². The van der Waals surface area contributed by atoms with E-state index in [4.69, 9.17) is 4.74 Å². The Labute approximate surface area is 146 Å². The minimum atomic E-state index is -0.0773. The van der Waals surface area contributed by atoms with Crippen LogP contribution in [0, 0.1) is 23.7 Å². The summed E-state index contributed by atoms with van der Waals surface area (Å²) in [5, 5.41) is 0. The molecule has 4 heteroatoms. The summed E-state index contributed by atoms with van der Waals surface area (Å²) in [6, 6.07) is 16.8. The van der Waals surface area contributed by atoms with Crippen molar-refractivity contribution in [1.29, 1.82) is 0 Å². The zero-order chi connectivity index (χ0) is 17.0. The van der Waals surface area contributed by atoms with Crippen LogP contribution in [0.25, 0.3) is 0 Å². The van der Waals surface area contributed by atoms with Crippen molar-refractivity contribution in [3.63, 3.8) is 0 Å². The first-order chi connectivity index (χ1) is 12.2. The third-order valence-electron chi connectivity index (χ3n) is 6.00. The molecule has 4 nitrogen and oxygen atoms in total. The first kappa shape index (κ1) is 14.7. The summed E-state index contributed by atoms with van der Waals surface area (Å²) in [7, 11) is 0. The van der Waals surface area contributed by atoms with E-state index in [-0.39, 0.29) is 23.7 Å². The third kappa shape index (κ3) is 2.20. The number of anilines is 1. The van der Waals surface area contributed by atoms with Crippen LogP contribution >= 0.6 is 0 Å². The highest BCUT2D eigenvalue weighted by Crippen LogP contribution is 2.56. The lowest BCUT2D eigenvalue weighted by molar-refractivity contribution is -0.123.